The second-order valence-electron chi connectivity index (χ2n) is 10.2. The predicted octanol–water partition coefficient (Wildman–Crippen LogP) is 5.69. The van der Waals surface area contributed by atoms with Crippen LogP contribution in [0.4, 0.5) is 36.8 Å². The fourth-order valence-electron chi connectivity index (χ4n) is 4.69. The molecule has 0 aromatic heterocycles. The van der Waals surface area contributed by atoms with Gasteiger partial charge in [0, 0.05) is 44.5 Å². The van der Waals surface area contributed by atoms with E-state index in [1.807, 2.05) is 11.8 Å². The maximum atomic E-state index is 13.0. The van der Waals surface area contributed by atoms with Crippen LogP contribution >= 0.6 is 0 Å². The zero-order valence-corrected chi connectivity index (χ0v) is 24.7. The van der Waals surface area contributed by atoms with Gasteiger partial charge in [-0.05, 0) is 62.6 Å². The van der Waals surface area contributed by atoms with Crippen molar-refractivity contribution in [3.63, 3.8) is 0 Å². The summed E-state index contributed by atoms with van der Waals surface area (Å²) >= 11 is 0. The number of hydrogen-bond acceptors (Lipinski definition) is 7. The van der Waals surface area contributed by atoms with Gasteiger partial charge in [-0.1, -0.05) is 13.0 Å². The number of nitrogens with one attached hydrogen (secondary N) is 3. The first-order chi connectivity index (χ1) is 21.2. The van der Waals surface area contributed by atoms with Crippen LogP contribution in [-0.2, 0) is 4.74 Å². The number of anilines is 1. The van der Waals surface area contributed by atoms with Crippen molar-refractivity contribution in [2.75, 3.05) is 45.2 Å². The summed E-state index contributed by atoms with van der Waals surface area (Å²) in [4.78, 5) is 27.5. The minimum absolute atomic E-state index is 0.0869. The number of benzene rings is 2. The summed E-state index contributed by atoms with van der Waals surface area (Å²) in [7, 11) is 1.58. The zero-order chi connectivity index (χ0) is 33.0. The van der Waals surface area contributed by atoms with E-state index in [-0.39, 0.29) is 29.6 Å². The van der Waals surface area contributed by atoms with Gasteiger partial charge in [-0.2, -0.15) is 0 Å². The molecule has 16 heteroatoms. The predicted molar refractivity (Wildman–Crippen MR) is 151 cm³/mol. The lowest BCUT2D eigenvalue weighted by Crippen LogP contribution is -2.41. The second-order valence-corrected chi connectivity index (χ2v) is 10.2. The van der Waals surface area contributed by atoms with Gasteiger partial charge in [0.2, 0.25) is 0 Å². The number of amides is 3. The van der Waals surface area contributed by atoms with Crippen molar-refractivity contribution in [3.05, 3.63) is 48.0 Å². The summed E-state index contributed by atoms with van der Waals surface area (Å²) in [5.41, 5.74) is -0.0135. The van der Waals surface area contributed by atoms with Crippen molar-refractivity contribution in [2.24, 2.45) is 0 Å². The molecule has 0 unspecified atom stereocenters. The van der Waals surface area contributed by atoms with Crippen LogP contribution in [0.15, 0.2) is 42.5 Å². The van der Waals surface area contributed by atoms with Crippen molar-refractivity contribution >= 4 is 17.6 Å². The summed E-state index contributed by atoms with van der Waals surface area (Å²) in [5.74, 6) is -1.58. The Balaban J connectivity index is 1.57. The van der Waals surface area contributed by atoms with Crippen molar-refractivity contribution in [3.8, 4) is 17.2 Å². The van der Waals surface area contributed by atoms with Crippen LogP contribution in [-0.4, -0.2) is 81.6 Å². The van der Waals surface area contributed by atoms with Gasteiger partial charge in [-0.3, -0.25) is 9.69 Å². The number of rotatable bonds is 14. The van der Waals surface area contributed by atoms with E-state index in [4.69, 9.17) is 9.47 Å². The molecule has 10 nitrogen and oxygen atoms in total. The number of carbonyl (C=O) groups is 2. The molecule has 2 aromatic rings. The quantitative estimate of drug-likeness (QED) is 0.225. The Bertz CT molecular complexity index is 1250. The maximum Gasteiger partial charge on any atom is 0.573 e. The van der Waals surface area contributed by atoms with Crippen molar-refractivity contribution in [1.29, 1.82) is 0 Å². The van der Waals surface area contributed by atoms with E-state index in [1.54, 1.807) is 7.11 Å². The van der Waals surface area contributed by atoms with Gasteiger partial charge in [-0.25, -0.2) is 4.79 Å². The average Bonchev–Trinajstić information content (AvgIpc) is 2.95. The van der Waals surface area contributed by atoms with Crippen LogP contribution in [0.3, 0.4) is 0 Å². The normalized spacial score (nSPS) is 17.0. The van der Waals surface area contributed by atoms with Gasteiger partial charge in [0.25, 0.3) is 5.91 Å². The Morgan fingerprint density at radius 1 is 0.911 bits per heavy atom. The minimum atomic E-state index is -4.95. The molecule has 0 heterocycles. The standard InChI is InChI=1S/C29H36F6N4O6/c1-3-39(15-16-42-2)14-13-36-26(40)24-18-23(45-29(33,34)35)11-12-25(24)43-21-9-7-19(8-10-21)37-27(41)38-20-5-4-6-22(17-20)44-28(30,31)32/h4-6,11-12,17-19,21H,3,7-10,13-16H2,1-2H3,(H,36,40)(H2,37,38,41). The minimum Gasteiger partial charge on any atom is -0.490 e. The molecule has 0 saturated heterocycles. The number of carbonyl (C=O) groups excluding carboxylic acids is 2. The smallest absolute Gasteiger partial charge is 0.490 e. The van der Waals surface area contributed by atoms with Crippen molar-refractivity contribution < 1.29 is 54.9 Å². The van der Waals surface area contributed by atoms with Crippen LogP contribution in [0.5, 0.6) is 17.2 Å². The fourth-order valence-corrected chi connectivity index (χ4v) is 4.69. The highest BCUT2D eigenvalue weighted by atomic mass is 19.4. The van der Waals surface area contributed by atoms with E-state index in [9.17, 15) is 35.9 Å². The molecule has 0 aliphatic heterocycles. The average molecular weight is 651 g/mol. The van der Waals surface area contributed by atoms with Crippen LogP contribution in [0.2, 0.25) is 0 Å². The Morgan fingerprint density at radius 2 is 1.58 bits per heavy atom. The number of ether oxygens (including phenoxy) is 4. The van der Waals surface area contributed by atoms with E-state index >= 15 is 0 Å². The molecule has 1 aliphatic rings. The number of urea groups is 1. The molecule has 0 bridgehead atoms. The van der Waals surface area contributed by atoms with E-state index < -0.39 is 42.3 Å². The zero-order valence-electron chi connectivity index (χ0n) is 24.7. The van der Waals surface area contributed by atoms with Gasteiger partial charge >= 0.3 is 18.8 Å². The lowest BCUT2D eigenvalue weighted by atomic mass is 9.93. The van der Waals surface area contributed by atoms with Gasteiger partial charge in [0.1, 0.15) is 17.2 Å². The van der Waals surface area contributed by atoms with Crippen molar-refractivity contribution in [1.82, 2.24) is 15.5 Å². The van der Waals surface area contributed by atoms with E-state index in [2.05, 4.69) is 25.4 Å². The Labute approximate surface area is 256 Å². The first-order valence-corrected chi connectivity index (χ1v) is 14.2. The lowest BCUT2D eigenvalue weighted by Gasteiger charge is -2.30. The highest BCUT2D eigenvalue weighted by Crippen LogP contribution is 2.32. The van der Waals surface area contributed by atoms with Crippen LogP contribution in [0.1, 0.15) is 43.0 Å². The monoisotopic (exact) mass is 650 g/mol. The molecule has 0 spiro atoms. The number of likely N-dealkylation sites (N-methyl/N-ethyl adjacent to an activating group) is 1. The summed E-state index contributed by atoms with van der Waals surface area (Å²) in [6.45, 7) is 4.56. The van der Waals surface area contributed by atoms with Gasteiger partial charge in [0.05, 0.1) is 18.3 Å². The molecule has 0 atom stereocenters. The van der Waals surface area contributed by atoms with E-state index in [0.717, 1.165) is 24.3 Å². The first-order valence-electron chi connectivity index (χ1n) is 14.2. The number of nitrogens with zero attached hydrogens (tertiary/aromatic N) is 1. The lowest BCUT2D eigenvalue weighted by molar-refractivity contribution is -0.275. The Kier molecular flexibility index (Phi) is 13.0. The number of alkyl halides is 6. The Hall–Kier alpha value is -3.92. The molecule has 1 aliphatic carbocycles. The number of methoxy groups -OCH3 is 1. The van der Waals surface area contributed by atoms with Gasteiger partial charge < -0.3 is 34.9 Å². The first kappa shape index (κ1) is 35.6. The SMILES string of the molecule is CCN(CCNC(=O)c1cc(OC(F)(F)F)ccc1OC1CCC(NC(=O)Nc2cccc(OC(F)(F)F)c2)CC1)CCOC. The largest absolute Gasteiger partial charge is 0.573 e. The van der Waals surface area contributed by atoms with Crippen LogP contribution in [0.25, 0.3) is 0 Å². The van der Waals surface area contributed by atoms with E-state index in [0.29, 0.717) is 51.9 Å². The molecule has 3 N–H and O–H groups in total. The maximum absolute atomic E-state index is 13.0. The van der Waals surface area contributed by atoms with Crippen LogP contribution in [0, 0.1) is 0 Å². The molecule has 3 amide bonds. The molecule has 3 rings (SSSR count). The third-order valence-corrected chi connectivity index (χ3v) is 6.83. The molecule has 1 saturated carbocycles. The molecular weight excluding hydrogens is 614 g/mol. The molecule has 1 fully saturated rings. The third-order valence-electron chi connectivity index (χ3n) is 6.83. The van der Waals surface area contributed by atoms with Crippen molar-refractivity contribution in [2.45, 2.75) is 57.5 Å². The van der Waals surface area contributed by atoms with Gasteiger partial charge in [0.15, 0.2) is 0 Å². The summed E-state index contributed by atoms with van der Waals surface area (Å²) in [5, 5.41) is 7.95. The van der Waals surface area contributed by atoms with Crippen LogP contribution < -0.4 is 30.2 Å². The third kappa shape index (κ3) is 12.9. The summed E-state index contributed by atoms with van der Waals surface area (Å²) in [6, 6.07) is 7.26. The van der Waals surface area contributed by atoms with E-state index in [1.165, 1.54) is 18.2 Å². The summed E-state index contributed by atoms with van der Waals surface area (Å²) in [6.07, 6.45) is -8.37. The molecule has 2 aromatic carbocycles. The number of halogens is 6. The Morgan fingerprint density at radius 3 is 2.20 bits per heavy atom. The highest BCUT2D eigenvalue weighted by Gasteiger charge is 2.33. The molecular formula is C29H36F6N4O6. The number of hydrogen-bond donors (Lipinski definition) is 3. The molecule has 250 valence electrons. The molecule has 0 radical (unpaired) electrons. The fraction of sp³-hybridized carbons (Fsp3) is 0.517. The highest BCUT2D eigenvalue weighted by molar-refractivity contribution is 5.97. The summed E-state index contributed by atoms with van der Waals surface area (Å²) < 4.78 is 94.9. The molecule has 45 heavy (non-hydrogen) atoms. The van der Waals surface area contributed by atoms with Gasteiger partial charge in [-0.15, -0.1) is 26.3 Å². The topological polar surface area (TPSA) is 110 Å². The second kappa shape index (κ2) is 16.4.